The van der Waals surface area contributed by atoms with Gasteiger partial charge in [-0.1, -0.05) is 26.8 Å². The van der Waals surface area contributed by atoms with Crippen molar-refractivity contribution in [2.45, 2.75) is 46.1 Å². The quantitative estimate of drug-likeness (QED) is 0.566. The van der Waals surface area contributed by atoms with Crippen molar-refractivity contribution in [2.24, 2.45) is 11.3 Å². The minimum absolute atomic E-state index is 0.0641. The predicted octanol–water partition coefficient (Wildman–Crippen LogP) is 2.23. The maximum absolute atomic E-state index is 12.9. The van der Waals surface area contributed by atoms with Crippen LogP contribution in [-0.4, -0.2) is 69.1 Å². The lowest BCUT2D eigenvalue weighted by molar-refractivity contribution is -0.134. The Morgan fingerprint density at radius 2 is 1.84 bits per heavy atom. The van der Waals surface area contributed by atoms with Crippen LogP contribution in [0.3, 0.4) is 0 Å². The summed E-state index contributed by atoms with van der Waals surface area (Å²) in [5.74, 6) is 0.0764. The van der Waals surface area contributed by atoms with Crippen LogP contribution >= 0.6 is 0 Å². The molecule has 8 nitrogen and oxygen atoms in total. The van der Waals surface area contributed by atoms with Gasteiger partial charge in [-0.3, -0.25) is 14.4 Å². The largest absolute Gasteiger partial charge is 0.497 e. The summed E-state index contributed by atoms with van der Waals surface area (Å²) in [6.07, 6.45) is 1.79. The normalized spacial score (nSPS) is 15.7. The first-order chi connectivity index (χ1) is 15.1. The fraction of sp³-hybridized carbons (Fsp3) is 0.625. The molecule has 1 aromatic carbocycles. The van der Waals surface area contributed by atoms with E-state index in [2.05, 4.69) is 10.6 Å². The summed E-state index contributed by atoms with van der Waals surface area (Å²) >= 11 is 0. The van der Waals surface area contributed by atoms with Crippen LogP contribution in [0.2, 0.25) is 0 Å². The lowest BCUT2D eigenvalue weighted by Gasteiger charge is -2.36. The Morgan fingerprint density at radius 1 is 1.16 bits per heavy atom. The van der Waals surface area contributed by atoms with Crippen molar-refractivity contribution in [1.29, 1.82) is 0 Å². The molecular weight excluding hydrogens is 410 g/mol. The molecule has 0 radical (unpaired) electrons. The van der Waals surface area contributed by atoms with Crippen molar-refractivity contribution < 1.29 is 23.9 Å². The minimum Gasteiger partial charge on any atom is -0.497 e. The number of nitrogens with zero attached hydrogens (tertiary/aromatic N) is 1. The number of ether oxygens (including phenoxy) is 2. The maximum Gasteiger partial charge on any atom is 0.252 e. The van der Waals surface area contributed by atoms with Crippen LogP contribution < -0.4 is 15.4 Å². The zero-order chi connectivity index (χ0) is 23.7. The van der Waals surface area contributed by atoms with Gasteiger partial charge in [0.2, 0.25) is 11.8 Å². The first kappa shape index (κ1) is 25.6. The van der Waals surface area contributed by atoms with Gasteiger partial charge in [0.15, 0.2) is 0 Å². The summed E-state index contributed by atoms with van der Waals surface area (Å²) in [7, 11) is 3.11. The van der Waals surface area contributed by atoms with Gasteiger partial charge >= 0.3 is 0 Å². The number of amides is 3. The van der Waals surface area contributed by atoms with Gasteiger partial charge in [-0.05, 0) is 42.4 Å². The number of carbonyl (C=O) groups excluding carboxylic acids is 3. The van der Waals surface area contributed by atoms with Crippen LogP contribution in [0.1, 0.15) is 50.4 Å². The van der Waals surface area contributed by atoms with Crippen molar-refractivity contribution in [1.82, 2.24) is 15.5 Å². The number of hydrogen-bond acceptors (Lipinski definition) is 5. The first-order valence-electron chi connectivity index (χ1n) is 11.1. The third-order valence-corrected chi connectivity index (χ3v) is 5.55. The number of benzene rings is 1. The molecule has 1 unspecified atom stereocenters. The highest BCUT2D eigenvalue weighted by molar-refractivity contribution is 5.98. The number of rotatable bonds is 9. The number of piperidine rings is 1. The van der Waals surface area contributed by atoms with Crippen LogP contribution in [0.15, 0.2) is 24.3 Å². The van der Waals surface area contributed by atoms with Gasteiger partial charge in [0, 0.05) is 38.7 Å². The molecule has 2 N–H and O–H groups in total. The Bertz CT molecular complexity index is 782. The number of hydrogen-bond donors (Lipinski definition) is 2. The van der Waals surface area contributed by atoms with E-state index in [4.69, 9.17) is 9.47 Å². The highest BCUT2D eigenvalue weighted by Gasteiger charge is 2.34. The van der Waals surface area contributed by atoms with Crippen molar-refractivity contribution in [2.75, 3.05) is 40.5 Å². The maximum atomic E-state index is 12.9. The Hall–Kier alpha value is -2.61. The summed E-state index contributed by atoms with van der Waals surface area (Å²) in [5, 5.41) is 5.75. The molecule has 0 aliphatic carbocycles. The predicted molar refractivity (Wildman–Crippen MR) is 123 cm³/mol. The molecule has 0 bridgehead atoms. The second kappa shape index (κ2) is 11.9. The molecule has 1 saturated heterocycles. The fourth-order valence-electron chi connectivity index (χ4n) is 3.82. The van der Waals surface area contributed by atoms with Gasteiger partial charge < -0.3 is 25.0 Å². The lowest BCUT2D eigenvalue weighted by atomic mass is 9.87. The smallest absolute Gasteiger partial charge is 0.252 e. The molecule has 1 aromatic rings. The van der Waals surface area contributed by atoms with Crippen LogP contribution in [0.25, 0.3) is 0 Å². The van der Waals surface area contributed by atoms with Crippen molar-refractivity contribution in [3.63, 3.8) is 0 Å². The lowest BCUT2D eigenvalue weighted by Crippen LogP contribution is -2.54. The molecule has 32 heavy (non-hydrogen) atoms. The van der Waals surface area contributed by atoms with Crippen molar-refractivity contribution in [3.05, 3.63) is 29.8 Å². The van der Waals surface area contributed by atoms with Gasteiger partial charge in [-0.15, -0.1) is 0 Å². The van der Waals surface area contributed by atoms with Crippen molar-refractivity contribution >= 4 is 17.7 Å². The average Bonchev–Trinajstić information content (AvgIpc) is 2.76. The molecule has 0 saturated carbocycles. The average molecular weight is 448 g/mol. The minimum atomic E-state index is -0.689. The standard InChI is InChI=1S/C24H37N3O5/c1-24(2,3)16-20(28)27-12-9-17(10-13-27)21(23(30)25-11-14-31-4)26-22(29)18-7-6-8-19(15-18)32-5/h6-8,15,17,21H,9-14,16H2,1-5H3,(H,25,30)(H,26,29). The van der Waals surface area contributed by atoms with Gasteiger partial charge in [0.05, 0.1) is 13.7 Å². The third-order valence-electron chi connectivity index (χ3n) is 5.55. The Kier molecular flexibility index (Phi) is 9.50. The Balaban J connectivity index is 2.07. The molecule has 1 heterocycles. The molecule has 0 spiro atoms. The van der Waals surface area contributed by atoms with E-state index in [0.717, 1.165) is 0 Å². The summed E-state index contributed by atoms with van der Waals surface area (Å²) in [4.78, 5) is 40.3. The molecule has 8 heteroatoms. The van der Waals surface area contributed by atoms with Crippen LogP contribution in [0.4, 0.5) is 0 Å². The SMILES string of the molecule is COCCNC(=O)C(NC(=O)c1cccc(OC)c1)C1CCN(C(=O)CC(C)(C)C)CC1. The first-order valence-corrected chi connectivity index (χ1v) is 11.1. The summed E-state index contributed by atoms with van der Waals surface area (Å²) in [5.41, 5.74) is 0.361. The Labute approximate surface area is 191 Å². The molecule has 1 atom stereocenters. The van der Waals surface area contributed by atoms with Gasteiger partial charge in [0.1, 0.15) is 11.8 Å². The van der Waals surface area contributed by atoms with Gasteiger partial charge in [0.25, 0.3) is 5.91 Å². The van der Waals surface area contributed by atoms with Crippen LogP contribution in [-0.2, 0) is 14.3 Å². The van der Waals surface area contributed by atoms with E-state index in [0.29, 0.717) is 56.8 Å². The molecule has 1 fully saturated rings. The number of nitrogens with one attached hydrogen (secondary N) is 2. The molecule has 3 amide bonds. The van der Waals surface area contributed by atoms with E-state index < -0.39 is 6.04 Å². The molecule has 178 valence electrons. The summed E-state index contributed by atoms with van der Waals surface area (Å²) in [6.45, 7) is 8.06. The molecular formula is C24H37N3O5. The van der Waals surface area contributed by atoms with E-state index in [-0.39, 0.29) is 29.1 Å². The van der Waals surface area contributed by atoms with E-state index in [1.54, 1.807) is 31.4 Å². The summed E-state index contributed by atoms with van der Waals surface area (Å²) in [6, 6.07) is 6.14. The number of likely N-dealkylation sites (tertiary alicyclic amines) is 1. The van der Waals surface area contributed by atoms with E-state index in [1.165, 1.54) is 7.11 Å². The molecule has 1 aliphatic rings. The topological polar surface area (TPSA) is 97.0 Å². The van der Waals surface area contributed by atoms with Gasteiger partial charge in [-0.25, -0.2) is 0 Å². The highest BCUT2D eigenvalue weighted by Crippen LogP contribution is 2.25. The zero-order valence-electron chi connectivity index (χ0n) is 19.9. The number of carbonyl (C=O) groups is 3. The zero-order valence-corrected chi connectivity index (χ0v) is 19.9. The number of methoxy groups -OCH3 is 2. The second-order valence-electron chi connectivity index (χ2n) is 9.42. The Morgan fingerprint density at radius 3 is 2.44 bits per heavy atom. The van der Waals surface area contributed by atoms with Gasteiger partial charge in [-0.2, -0.15) is 0 Å². The molecule has 1 aliphatic heterocycles. The van der Waals surface area contributed by atoms with E-state index >= 15 is 0 Å². The highest BCUT2D eigenvalue weighted by atomic mass is 16.5. The van der Waals surface area contributed by atoms with Crippen molar-refractivity contribution in [3.8, 4) is 5.75 Å². The summed E-state index contributed by atoms with van der Waals surface area (Å²) < 4.78 is 10.2. The molecule has 2 rings (SSSR count). The third kappa shape index (κ3) is 7.82. The molecule has 0 aromatic heterocycles. The van der Waals surface area contributed by atoms with E-state index in [9.17, 15) is 14.4 Å². The van der Waals surface area contributed by atoms with Crippen LogP contribution in [0.5, 0.6) is 5.75 Å². The second-order valence-corrected chi connectivity index (χ2v) is 9.42. The van der Waals surface area contributed by atoms with E-state index in [1.807, 2.05) is 25.7 Å². The van der Waals surface area contributed by atoms with Crippen LogP contribution in [0, 0.1) is 11.3 Å². The fourth-order valence-corrected chi connectivity index (χ4v) is 3.82. The monoisotopic (exact) mass is 447 g/mol.